The average Bonchev–Trinajstić information content (AvgIpc) is 2.60. The van der Waals surface area contributed by atoms with E-state index in [0.717, 1.165) is 21.2 Å². The van der Waals surface area contributed by atoms with Crippen molar-refractivity contribution in [3.63, 3.8) is 0 Å². The molecule has 1 aliphatic rings. The first-order chi connectivity index (χ1) is 12.7. The van der Waals surface area contributed by atoms with Crippen molar-refractivity contribution in [3.8, 4) is 0 Å². The number of carbonyl (C=O) groups excluding carboxylic acids is 1. The van der Waals surface area contributed by atoms with Crippen LogP contribution in [0.1, 0.15) is 54.6 Å². The molecule has 0 fully saturated rings. The number of benzene rings is 2. The van der Waals surface area contributed by atoms with Crippen LogP contribution >= 0.6 is 34.2 Å². The third-order valence-corrected chi connectivity index (χ3v) is 6.21. The van der Waals surface area contributed by atoms with Crippen LogP contribution in [0.4, 0.5) is 5.69 Å². The molecule has 1 aliphatic heterocycles. The molecular formula is C21H23ClIN3O. The molecule has 3 rings (SSSR count). The van der Waals surface area contributed by atoms with Gasteiger partial charge in [-0.15, -0.1) is 0 Å². The fourth-order valence-corrected chi connectivity index (χ4v) is 4.31. The summed E-state index contributed by atoms with van der Waals surface area (Å²) in [5, 5.41) is 4.73. The summed E-state index contributed by atoms with van der Waals surface area (Å²) in [5.41, 5.74) is 6.46. The average molecular weight is 496 g/mol. The number of nitrogens with one attached hydrogen (secondary N) is 1. The Morgan fingerprint density at radius 1 is 1.37 bits per heavy atom. The summed E-state index contributed by atoms with van der Waals surface area (Å²) in [7, 11) is 2.11. The van der Waals surface area contributed by atoms with Gasteiger partial charge in [-0.3, -0.25) is 4.79 Å². The topological polar surface area (TPSA) is 44.7 Å². The van der Waals surface area contributed by atoms with Crippen LogP contribution < -0.4 is 10.3 Å². The maximum Gasteiger partial charge on any atom is 0.271 e. The van der Waals surface area contributed by atoms with Crippen LogP contribution in [0.5, 0.6) is 0 Å². The standard InChI is InChI=1S/C21H23ClIN3O/c1-13-11-21(2,3)26(4)19-10-18(22)15(9-17(13)19)12-24-25-20(27)14-6-5-7-16(23)8-14/h5-10,12-13H,11H2,1-4H3,(H,25,27)/b24-12+. The smallest absolute Gasteiger partial charge is 0.271 e. The van der Waals surface area contributed by atoms with Gasteiger partial charge in [-0.05, 0) is 84.7 Å². The van der Waals surface area contributed by atoms with Crippen molar-refractivity contribution in [1.82, 2.24) is 5.43 Å². The second-order valence-electron chi connectivity index (χ2n) is 7.62. The molecule has 142 valence electrons. The van der Waals surface area contributed by atoms with E-state index in [-0.39, 0.29) is 11.4 Å². The minimum atomic E-state index is -0.242. The molecule has 1 heterocycles. The van der Waals surface area contributed by atoms with Crippen LogP contribution in [0.15, 0.2) is 41.5 Å². The Morgan fingerprint density at radius 2 is 2.11 bits per heavy atom. The molecule has 0 radical (unpaired) electrons. The van der Waals surface area contributed by atoms with E-state index >= 15 is 0 Å². The molecule has 1 amide bonds. The lowest BCUT2D eigenvalue weighted by atomic mass is 9.80. The van der Waals surface area contributed by atoms with Crippen molar-refractivity contribution in [2.24, 2.45) is 5.10 Å². The predicted molar refractivity (Wildman–Crippen MR) is 121 cm³/mol. The molecule has 27 heavy (non-hydrogen) atoms. The number of carbonyl (C=O) groups is 1. The highest BCUT2D eigenvalue weighted by Crippen LogP contribution is 2.44. The Hall–Kier alpha value is -1.60. The summed E-state index contributed by atoms with van der Waals surface area (Å²) >= 11 is 8.66. The number of halogens is 2. The zero-order valence-electron chi connectivity index (χ0n) is 15.9. The highest BCUT2D eigenvalue weighted by atomic mass is 127. The fraction of sp³-hybridized carbons (Fsp3) is 0.333. The first-order valence-corrected chi connectivity index (χ1v) is 10.3. The molecule has 0 spiro atoms. The summed E-state index contributed by atoms with van der Waals surface area (Å²) in [6, 6.07) is 11.4. The van der Waals surface area contributed by atoms with Gasteiger partial charge >= 0.3 is 0 Å². The number of hydrazone groups is 1. The molecule has 0 saturated carbocycles. The summed E-state index contributed by atoms with van der Waals surface area (Å²) < 4.78 is 1.00. The minimum Gasteiger partial charge on any atom is -0.369 e. The van der Waals surface area contributed by atoms with Gasteiger partial charge in [0.15, 0.2) is 0 Å². The monoisotopic (exact) mass is 495 g/mol. The van der Waals surface area contributed by atoms with Gasteiger partial charge in [-0.25, -0.2) is 5.43 Å². The second-order valence-corrected chi connectivity index (χ2v) is 9.27. The second kappa shape index (κ2) is 7.80. The third-order valence-electron chi connectivity index (χ3n) is 5.21. The lowest BCUT2D eigenvalue weighted by Gasteiger charge is -2.45. The van der Waals surface area contributed by atoms with E-state index < -0.39 is 0 Å². The Kier molecular flexibility index (Phi) is 5.82. The number of fused-ring (bicyclic) bond motifs is 1. The van der Waals surface area contributed by atoms with E-state index in [1.54, 1.807) is 12.3 Å². The highest BCUT2D eigenvalue weighted by molar-refractivity contribution is 14.1. The highest BCUT2D eigenvalue weighted by Gasteiger charge is 2.34. The van der Waals surface area contributed by atoms with Crippen molar-refractivity contribution < 1.29 is 4.79 Å². The first-order valence-electron chi connectivity index (χ1n) is 8.85. The van der Waals surface area contributed by atoms with Crippen molar-refractivity contribution in [2.45, 2.75) is 38.6 Å². The van der Waals surface area contributed by atoms with Crippen molar-refractivity contribution in [2.75, 3.05) is 11.9 Å². The SMILES string of the molecule is CC1CC(C)(C)N(C)c2cc(Cl)c(/C=N/NC(=O)c3cccc(I)c3)cc21. The van der Waals surface area contributed by atoms with Gasteiger partial charge in [-0.1, -0.05) is 24.6 Å². The molecule has 4 nitrogen and oxygen atoms in total. The molecule has 0 saturated heterocycles. The summed E-state index contributed by atoms with van der Waals surface area (Å²) in [6.45, 7) is 6.73. The van der Waals surface area contributed by atoms with Crippen molar-refractivity contribution >= 4 is 52.0 Å². The van der Waals surface area contributed by atoms with Gasteiger partial charge in [0.2, 0.25) is 0 Å². The van der Waals surface area contributed by atoms with E-state index in [0.29, 0.717) is 16.5 Å². The van der Waals surface area contributed by atoms with E-state index in [1.807, 2.05) is 24.3 Å². The molecule has 2 aromatic rings. The number of rotatable bonds is 3. The first kappa shape index (κ1) is 20.1. The molecule has 6 heteroatoms. The van der Waals surface area contributed by atoms with Crippen molar-refractivity contribution in [1.29, 1.82) is 0 Å². The Labute approximate surface area is 179 Å². The molecule has 0 bridgehead atoms. The van der Waals surface area contributed by atoms with Gasteiger partial charge in [0.25, 0.3) is 5.91 Å². The lowest BCUT2D eigenvalue weighted by molar-refractivity contribution is 0.0955. The molecule has 1 unspecified atom stereocenters. The van der Waals surface area contributed by atoms with Crippen LogP contribution in [-0.4, -0.2) is 24.7 Å². The Bertz CT molecular complexity index is 910. The molecule has 1 N–H and O–H groups in total. The third kappa shape index (κ3) is 4.29. The van der Waals surface area contributed by atoms with Gasteiger partial charge in [0.05, 0.1) is 11.2 Å². The van der Waals surface area contributed by atoms with Crippen molar-refractivity contribution in [3.05, 3.63) is 61.7 Å². The quantitative estimate of drug-likeness (QED) is 0.351. The number of nitrogens with zero attached hydrogens (tertiary/aromatic N) is 2. The molecular weight excluding hydrogens is 473 g/mol. The van der Waals surface area contributed by atoms with Gasteiger partial charge in [-0.2, -0.15) is 5.10 Å². The van der Waals surface area contributed by atoms with E-state index in [9.17, 15) is 4.79 Å². The number of hydrogen-bond donors (Lipinski definition) is 1. The van der Waals surface area contributed by atoms with Crippen LogP contribution in [0.2, 0.25) is 5.02 Å². The van der Waals surface area contributed by atoms with Crippen LogP contribution in [0.25, 0.3) is 0 Å². The molecule has 1 atom stereocenters. The lowest BCUT2D eigenvalue weighted by Crippen LogP contribution is -2.45. The largest absolute Gasteiger partial charge is 0.369 e. The zero-order chi connectivity index (χ0) is 19.8. The maximum atomic E-state index is 12.2. The molecule has 0 aromatic heterocycles. The van der Waals surface area contributed by atoms with Gasteiger partial charge < -0.3 is 4.90 Å². The predicted octanol–water partition coefficient (Wildman–Crippen LogP) is 5.43. The van der Waals surface area contributed by atoms with Crippen LogP contribution in [0.3, 0.4) is 0 Å². The van der Waals surface area contributed by atoms with Gasteiger partial charge in [0.1, 0.15) is 0 Å². The Morgan fingerprint density at radius 3 is 2.81 bits per heavy atom. The fourth-order valence-electron chi connectivity index (χ4n) is 3.56. The normalized spacial score (nSPS) is 18.4. The summed E-state index contributed by atoms with van der Waals surface area (Å²) in [6.07, 6.45) is 2.68. The Balaban J connectivity index is 1.81. The van der Waals surface area contributed by atoms with E-state index in [4.69, 9.17) is 11.6 Å². The van der Waals surface area contributed by atoms with Crippen LogP contribution in [-0.2, 0) is 0 Å². The van der Waals surface area contributed by atoms with E-state index in [2.05, 4.69) is 71.9 Å². The van der Waals surface area contributed by atoms with E-state index in [1.165, 1.54) is 5.56 Å². The molecule has 2 aromatic carbocycles. The number of amides is 1. The number of anilines is 1. The van der Waals surface area contributed by atoms with Crippen LogP contribution in [0, 0.1) is 3.57 Å². The summed E-state index contributed by atoms with van der Waals surface area (Å²) in [4.78, 5) is 14.5. The minimum absolute atomic E-state index is 0.0898. The maximum absolute atomic E-state index is 12.2. The number of hydrogen-bond acceptors (Lipinski definition) is 3. The summed E-state index contributed by atoms with van der Waals surface area (Å²) in [5.74, 6) is 0.185. The zero-order valence-corrected chi connectivity index (χ0v) is 18.8. The molecule has 0 aliphatic carbocycles. The van der Waals surface area contributed by atoms with Gasteiger partial charge in [0, 0.05) is 33.0 Å².